The number of benzene rings is 1. The molecule has 0 saturated heterocycles. The highest BCUT2D eigenvalue weighted by Gasteiger charge is 2.43. The normalized spacial score (nSPS) is 29.4. The number of fused-ring (bicyclic) bond motifs is 2. The molecule has 0 spiro atoms. The molecule has 1 aromatic carbocycles. The van der Waals surface area contributed by atoms with E-state index in [-0.39, 0.29) is 6.04 Å². The van der Waals surface area contributed by atoms with Gasteiger partial charge in [0.15, 0.2) is 0 Å². The lowest BCUT2D eigenvalue weighted by Gasteiger charge is -2.23. The number of hydrogen-bond acceptors (Lipinski definition) is 1. The van der Waals surface area contributed by atoms with Crippen LogP contribution in [0.3, 0.4) is 0 Å². The van der Waals surface area contributed by atoms with Crippen LogP contribution in [0, 0.1) is 17.8 Å². The molecule has 2 bridgehead atoms. The van der Waals surface area contributed by atoms with Gasteiger partial charge in [0.05, 0.1) is 0 Å². The summed E-state index contributed by atoms with van der Waals surface area (Å²) < 4.78 is 1.10. The summed E-state index contributed by atoms with van der Waals surface area (Å²) in [5, 5.41) is 3.22. The van der Waals surface area contributed by atoms with Crippen molar-refractivity contribution >= 4 is 21.8 Å². The van der Waals surface area contributed by atoms with Crippen molar-refractivity contribution in [1.29, 1.82) is 0 Å². The molecule has 2 aliphatic rings. The lowest BCUT2D eigenvalue weighted by molar-refractivity contribution is -0.127. The topological polar surface area (TPSA) is 29.1 Å². The van der Waals surface area contributed by atoms with Crippen LogP contribution in [0.4, 0.5) is 0 Å². The van der Waals surface area contributed by atoms with Crippen molar-refractivity contribution in [3.05, 3.63) is 34.3 Å². The predicted molar refractivity (Wildman–Crippen MR) is 84.4 cm³/mol. The molecule has 4 atom stereocenters. The van der Waals surface area contributed by atoms with Crippen LogP contribution in [-0.4, -0.2) is 11.9 Å². The number of amides is 1. The Labute approximate surface area is 129 Å². The summed E-state index contributed by atoms with van der Waals surface area (Å²) in [6.45, 7) is 2.10. The van der Waals surface area contributed by atoms with E-state index < -0.39 is 0 Å². The van der Waals surface area contributed by atoms with Gasteiger partial charge in [0.1, 0.15) is 0 Å². The van der Waals surface area contributed by atoms with Crippen molar-refractivity contribution in [2.45, 2.75) is 45.1 Å². The third kappa shape index (κ3) is 3.08. The van der Waals surface area contributed by atoms with Gasteiger partial charge in [-0.25, -0.2) is 0 Å². The molecular weight excluding hydrogens is 314 g/mol. The van der Waals surface area contributed by atoms with Gasteiger partial charge in [0.2, 0.25) is 5.91 Å². The summed E-state index contributed by atoms with van der Waals surface area (Å²) in [5.74, 6) is 2.08. The Bertz CT molecular complexity index is 484. The molecule has 0 unspecified atom stereocenters. The van der Waals surface area contributed by atoms with Crippen LogP contribution in [0.5, 0.6) is 0 Å². The summed E-state index contributed by atoms with van der Waals surface area (Å²) in [4.78, 5) is 12.4. The van der Waals surface area contributed by atoms with Crippen LogP contribution in [0.2, 0.25) is 0 Å². The van der Waals surface area contributed by atoms with Gasteiger partial charge in [0, 0.05) is 16.4 Å². The predicted octanol–water partition coefficient (Wildman–Crippen LogP) is 3.93. The van der Waals surface area contributed by atoms with Gasteiger partial charge in [-0.2, -0.15) is 0 Å². The van der Waals surface area contributed by atoms with Gasteiger partial charge >= 0.3 is 0 Å². The lowest BCUT2D eigenvalue weighted by atomic mass is 9.88. The van der Waals surface area contributed by atoms with E-state index in [1.165, 1.54) is 24.8 Å². The third-order valence-corrected chi connectivity index (χ3v) is 5.45. The highest BCUT2D eigenvalue weighted by Crippen LogP contribution is 2.48. The molecule has 0 heterocycles. The summed E-state index contributed by atoms with van der Waals surface area (Å²) in [6.07, 6.45) is 5.94. The third-order valence-electron chi connectivity index (χ3n) is 4.92. The minimum atomic E-state index is 0.211. The number of halogens is 1. The summed E-state index contributed by atoms with van der Waals surface area (Å²) in [5.41, 5.74) is 1.27. The smallest absolute Gasteiger partial charge is 0.223 e. The van der Waals surface area contributed by atoms with Crippen LogP contribution < -0.4 is 5.32 Å². The van der Waals surface area contributed by atoms with Crippen LogP contribution in [0.25, 0.3) is 0 Å². The average molecular weight is 336 g/mol. The van der Waals surface area contributed by atoms with Crippen LogP contribution in [0.1, 0.15) is 38.2 Å². The second-order valence-corrected chi connectivity index (χ2v) is 7.44. The monoisotopic (exact) mass is 335 g/mol. The largest absolute Gasteiger partial charge is 0.353 e. The fraction of sp³-hybridized carbons (Fsp3) is 0.588. The van der Waals surface area contributed by atoms with Gasteiger partial charge < -0.3 is 5.32 Å². The van der Waals surface area contributed by atoms with E-state index >= 15 is 0 Å². The first-order valence-electron chi connectivity index (χ1n) is 7.66. The zero-order valence-corrected chi connectivity index (χ0v) is 13.5. The van der Waals surface area contributed by atoms with Gasteiger partial charge in [-0.1, -0.05) is 34.5 Å². The van der Waals surface area contributed by atoms with Crippen molar-refractivity contribution in [3.63, 3.8) is 0 Å². The number of rotatable bonds is 4. The minimum Gasteiger partial charge on any atom is -0.353 e. The molecule has 0 aliphatic heterocycles. The number of nitrogens with one attached hydrogen (secondary N) is 1. The molecule has 1 N–H and O–H groups in total. The number of carbonyl (C=O) groups is 1. The van der Waals surface area contributed by atoms with E-state index in [2.05, 4.69) is 52.4 Å². The van der Waals surface area contributed by atoms with Gasteiger partial charge in [-0.05, 0) is 62.1 Å². The molecule has 2 saturated carbocycles. The van der Waals surface area contributed by atoms with Gasteiger partial charge in [-0.15, -0.1) is 0 Å². The van der Waals surface area contributed by atoms with Crippen molar-refractivity contribution in [3.8, 4) is 0 Å². The number of hydrogen-bond donors (Lipinski definition) is 1. The zero-order chi connectivity index (χ0) is 14.1. The standard InChI is InChI=1S/C17H22BrNO/c1-11(8-12-3-6-15(18)7-4-12)19-17(20)16-10-13-2-5-14(16)9-13/h3-4,6-7,11,13-14,16H,2,5,8-10H2,1H3,(H,19,20)/t11-,13-,14-,16-/m0/s1. The second-order valence-electron chi connectivity index (χ2n) is 6.52. The summed E-state index contributed by atoms with van der Waals surface area (Å²) in [7, 11) is 0. The van der Waals surface area contributed by atoms with Gasteiger partial charge in [0.25, 0.3) is 0 Å². The fourth-order valence-corrected chi connectivity index (χ4v) is 4.21. The fourth-order valence-electron chi connectivity index (χ4n) is 3.94. The maximum atomic E-state index is 12.4. The second kappa shape index (κ2) is 5.88. The SMILES string of the molecule is C[C@@H](Cc1ccc(Br)cc1)NC(=O)[C@H]1C[C@H]2CC[C@H]1C2. The Balaban J connectivity index is 1.52. The molecular formula is C17H22BrNO. The zero-order valence-electron chi connectivity index (χ0n) is 11.9. The Hall–Kier alpha value is -0.830. The van der Waals surface area contributed by atoms with E-state index in [9.17, 15) is 4.79 Å². The Morgan fingerprint density at radius 1 is 1.30 bits per heavy atom. The first kappa shape index (κ1) is 14.1. The molecule has 3 rings (SSSR count). The van der Waals surface area contributed by atoms with E-state index in [0.29, 0.717) is 17.7 Å². The summed E-state index contributed by atoms with van der Waals surface area (Å²) in [6, 6.07) is 8.55. The van der Waals surface area contributed by atoms with Crippen molar-refractivity contribution in [2.75, 3.05) is 0 Å². The molecule has 0 radical (unpaired) electrons. The molecule has 0 aromatic heterocycles. The molecule has 1 aromatic rings. The first-order chi connectivity index (χ1) is 9.61. The van der Waals surface area contributed by atoms with E-state index in [0.717, 1.165) is 23.2 Å². The first-order valence-corrected chi connectivity index (χ1v) is 8.46. The minimum absolute atomic E-state index is 0.211. The van der Waals surface area contributed by atoms with E-state index in [4.69, 9.17) is 0 Å². The maximum absolute atomic E-state index is 12.4. The molecule has 1 amide bonds. The Kier molecular flexibility index (Phi) is 4.16. The average Bonchev–Trinajstić information content (AvgIpc) is 3.03. The quantitative estimate of drug-likeness (QED) is 0.887. The molecule has 2 nitrogen and oxygen atoms in total. The highest BCUT2D eigenvalue weighted by atomic mass is 79.9. The summed E-state index contributed by atoms with van der Waals surface area (Å²) >= 11 is 3.45. The van der Waals surface area contributed by atoms with Gasteiger partial charge in [-0.3, -0.25) is 4.79 Å². The molecule has 20 heavy (non-hydrogen) atoms. The highest BCUT2D eigenvalue weighted by molar-refractivity contribution is 9.10. The van der Waals surface area contributed by atoms with E-state index in [1.54, 1.807) is 0 Å². The Morgan fingerprint density at radius 3 is 2.65 bits per heavy atom. The lowest BCUT2D eigenvalue weighted by Crippen LogP contribution is -2.40. The van der Waals surface area contributed by atoms with Crippen molar-refractivity contribution < 1.29 is 4.79 Å². The maximum Gasteiger partial charge on any atom is 0.223 e. The Morgan fingerprint density at radius 2 is 2.05 bits per heavy atom. The molecule has 108 valence electrons. The van der Waals surface area contributed by atoms with Crippen LogP contribution in [0.15, 0.2) is 28.7 Å². The molecule has 3 heteroatoms. The molecule has 2 fully saturated rings. The number of carbonyl (C=O) groups excluding carboxylic acids is 1. The van der Waals surface area contributed by atoms with Crippen LogP contribution >= 0.6 is 15.9 Å². The van der Waals surface area contributed by atoms with Crippen LogP contribution in [-0.2, 0) is 11.2 Å². The van der Waals surface area contributed by atoms with Crippen molar-refractivity contribution in [2.24, 2.45) is 17.8 Å². The molecule has 2 aliphatic carbocycles. The van der Waals surface area contributed by atoms with Crippen molar-refractivity contribution in [1.82, 2.24) is 5.32 Å². The van der Waals surface area contributed by atoms with E-state index in [1.807, 2.05) is 0 Å².